The highest BCUT2D eigenvalue weighted by molar-refractivity contribution is 5.53. The van der Waals surface area contributed by atoms with E-state index < -0.39 is 0 Å². The molecule has 0 unspecified atom stereocenters. The van der Waals surface area contributed by atoms with Crippen molar-refractivity contribution in [3.63, 3.8) is 0 Å². The predicted molar refractivity (Wildman–Crippen MR) is 62.8 cm³/mol. The molecule has 0 aliphatic carbocycles. The lowest BCUT2D eigenvalue weighted by Crippen LogP contribution is -2.36. The number of hydrogen-bond acceptors (Lipinski definition) is 4. The van der Waals surface area contributed by atoms with Crippen LogP contribution in [0.2, 0.25) is 0 Å². The molecule has 4 heteroatoms. The molecule has 1 aromatic rings. The molecule has 0 bridgehead atoms. The highest BCUT2D eigenvalue weighted by atomic mass is 16.5. The first-order valence-electron chi connectivity index (χ1n) is 5.45. The number of piperidine rings is 1. The molecule has 0 amide bonds. The standard InChI is InChI=1S/C12H15N3O/c13-9-16-12-5-7-15(8-6-12)11-3-1-10(14)2-4-11/h1-4,12H,5-8,14H2. The summed E-state index contributed by atoms with van der Waals surface area (Å²) in [7, 11) is 0. The molecule has 0 spiro atoms. The number of ether oxygens (including phenoxy) is 1. The average Bonchev–Trinajstić information content (AvgIpc) is 2.32. The van der Waals surface area contributed by atoms with Crippen molar-refractivity contribution in [2.24, 2.45) is 0 Å². The molecule has 1 aliphatic heterocycles. The second-order valence-corrected chi connectivity index (χ2v) is 3.99. The summed E-state index contributed by atoms with van der Waals surface area (Å²) >= 11 is 0. The summed E-state index contributed by atoms with van der Waals surface area (Å²) in [4.78, 5) is 2.29. The maximum absolute atomic E-state index is 8.43. The first-order chi connectivity index (χ1) is 7.79. The Labute approximate surface area is 95.2 Å². The molecule has 2 rings (SSSR count). The summed E-state index contributed by atoms with van der Waals surface area (Å²) in [5, 5.41) is 8.43. The molecule has 1 fully saturated rings. The van der Waals surface area contributed by atoms with E-state index in [1.165, 1.54) is 5.69 Å². The van der Waals surface area contributed by atoms with Gasteiger partial charge in [-0.05, 0) is 24.3 Å². The molecular formula is C12H15N3O. The number of hydrogen-bond donors (Lipinski definition) is 1. The fourth-order valence-corrected chi connectivity index (χ4v) is 1.99. The van der Waals surface area contributed by atoms with Crippen molar-refractivity contribution in [1.29, 1.82) is 5.26 Å². The van der Waals surface area contributed by atoms with Gasteiger partial charge in [0.2, 0.25) is 0 Å². The molecule has 0 radical (unpaired) electrons. The van der Waals surface area contributed by atoms with E-state index in [0.717, 1.165) is 31.6 Å². The number of nitrogens with zero attached hydrogens (tertiary/aromatic N) is 2. The Balaban J connectivity index is 1.94. The third kappa shape index (κ3) is 2.37. The summed E-state index contributed by atoms with van der Waals surface area (Å²) in [5.74, 6) is 0. The Kier molecular flexibility index (Phi) is 3.16. The Morgan fingerprint density at radius 3 is 2.44 bits per heavy atom. The lowest BCUT2D eigenvalue weighted by molar-refractivity contribution is 0.134. The predicted octanol–water partition coefficient (Wildman–Crippen LogP) is 1.74. The monoisotopic (exact) mass is 217 g/mol. The van der Waals surface area contributed by atoms with Crippen LogP contribution in [-0.4, -0.2) is 19.2 Å². The van der Waals surface area contributed by atoms with Gasteiger partial charge in [-0.2, -0.15) is 5.26 Å². The topological polar surface area (TPSA) is 62.3 Å². The zero-order chi connectivity index (χ0) is 11.4. The van der Waals surface area contributed by atoms with Gasteiger partial charge in [0, 0.05) is 37.3 Å². The SMILES string of the molecule is N#COC1CCN(c2ccc(N)cc2)CC1. The van der Waals surface area contributed by atoms with Gasteiger partial charge in [0.05, 0.1) is 0 Å². The van der Waals surface area contributed by atoms with E-state index in [1.807, 2.05) is 24.3 Å². The second kappa shape index (κ2) is 4.75. The summed E-state index contributed by atoms with van der Waals surface area (Å²) in [6.07, 6.45) is 3.66. The van der Waals surface area contributed by atoms with E-state index in [2.05, 4.69) is 4.90 Å². The molecule has 84 valence electrons. The fraction of sp³-hybridized carbons (Fsp3) is 0.417. The van der Waals surface area contributed by atoms with Crippen LogP contribution in [-0.2, 0) is 4.74 Å². The minimum absolute atomic E-state index is 0.0926. The lowest BCUT2D eigenvalue weighted by atomic mass is 10.1. The minimum atomic E-state index is 0.0926. The molecule has 0 saturated carbocycles. The van der Waals surface area contributed by atoms with Crippen LogP contribution in [0.25, 0.3) is 0 Å². The normalized spacial score (nSPS) is 16.8. The van der Waals surface area contributed by atoms with E-state index in [-0.39, 0.29) is 6.10 Å². The van der Waals surface area contributed by atoms with Crippen molar-refractivity contribution in [1.82, 2.24) is 0 Å². The fourth-order valence-electron chi connectivity index (χ4n) is 1.99. The third-order valence-electron chi connectivity index (χ3n) is 2.92. The van der Waals surface area contributed by atoms with Gasteiger partial charge in [-0.25, -0.2) is 0 Å². The van der Waals surface area contributed by atoms with Gasteiger partial charge in [-0.1, -0.05) is 0 Å². The van der Waals surface area contributed by atoms with Gasteiger partial charge in [0.15, 0.2) is 0 Å². The molecule has 16 heavy (non-hydrogen) atoms. The average molecular weight is 217 g/mol. The van der Waals surface area contributed by atoms with E-state index in [4.69, 9.17) is 15.7 Å². The van der Waals surface area contributed by atoms with Crippen LogP contribution in [0.1, 0.15) is 12.8 Å². The van der Waals surface area contributed by atoms with Crippen LogP contribution in [0.15, 0.2) is 24.3 Å². The molecule has 2 N–H and O–H groups in total. The summed E-state index contributed by atoms with van der Waals surface area (Å²) in [6, 6.07) is 7.88. The summed E-state index contributed by atoms with van der Waals surface area (Å²) < 4.78 is 4.94. The van der Waals surface area contributed by atoms with Crippen molar-refractivity contribution in [3.05, 3.63) is 24.3 Å². The zero-order valence-electron chi connectivity index (χ0n) is 9.10. The molecule has 1 heterocycles. The van der Waals surface area contributed by atoms with Crippen molar-refractivity contribution < 1.29 is 4.74 Å². The number of anilines is 2. The highest BCUT2D eigenvalue weighted by Crippen LogP contribution is 2.22. The third-order valence-corrected chi connectivity index (χ3v) is 2.92. The van der Waals surface area contributed by atoms with Crippen molar-refractivity contribution in [2.45, 2.75) is 18.9 Å². The number of nitrogen functional groups attached to an aromatic ring is 1. The first-order valence-corrected chi connectivity index (χ1v) is 5.45. The maximum atomic E-state index is 8.43. The van der Waals surface area contributed by atoms with E-state index in [1.54, 1.807) is 6.26 Å². The lowest BCUT2D eigenvalue weighted by Gasteiger charge is -2.32. The second-order valence-electron chi connectivity index (χ2n) is 3.99. The largest absolute Gasteiger partial charge is 0.424 e. The van der Waals surface area contributed by atoms with E-state index in [9.17, 15) is 0 Å². The Hall–Kier alpha value is -1.89. The van der Waals surface area contributed by atoms with Gasteiger partial charge in [-0.15, -0.1) is 0 Å². The van der Waals surface area contributed by atoms with Gasteiger partial charge in [-0.3, -0.25) is 0 Å². The van der Waals surface area contributed by atoms with Crippen molar-refractivity contribution in [3.8, 4) is 6.26 Å². The van der Waals surface area contributed by atoms with E-state index >= 15 is 0 Å². The van der Waals surface area contributed by atoms with Crippen LogP contribution in [0.5, 0.6) is 0 Å². The van der Waals surface area contributed by atoms with Gasteiger partial charge >= 0.3 is 0 Å². The van der Waals surface area contributed by atoms with Crippen LogP contribution < -0.4 is 10.6 Å². The Bertz CT molecular complexity index is 374. The number of nitrogens with two attached hydrogens (primary N) is 1. The minimum Gasteiger partial charge on any atom is -0.424 e. The van der Waals surface area contributed by atoms with Crippen molar-refractivity contribution >= 4 is 11.4 Å². The Morgan fingerprint density at radius 1 is 1.25 bits per heavy atom. The van der Waals surface area contributed by atoms with E-state index in [0.29, 0.717) is 0 Å². The Morgan fingerprint density at radius 2 is 1.88 bits per heavy atom. The maximum Gasteiger partial charge on any atom is 0.286 e. The number of rotatable bonds is 2. The smallest absolute Gasteiger partial charge is 0.286 e. The summed E-state index contributed by atoms with van der Waals surface area (Å²) in [5.41, 5.74) is 7.61. The van der Waals surface area contributed by atoms with Crippen LogP contribution >= 0.6 is 0 Å². The van der Waals surface area contributed by atoms with Crippen LogP contribution in [0, 0.1) is 11.5 Å². The first kappa shape index (κ1) is 10.6. The number of nitriles is 1. The number of benzene rings is 1. The molecule has 0 aromatic heterocycles. The molecule has 4 nitrogen and oxygen atoms in total. The van der Waals surface area contributed by atoms with Crippen LogP contribution in [0.3, 0.4) is 0 Å². The van der Waals surface area contributed by atoms with Crippen molar-refractivity contribution in [2.75, 3.05) is 23.7 Å². The summed E-state index contributed by atoms with van der Waals surface area (Å²) in [6.45, 7) is 1.85. The molecule has 1 aliphatic rings. The molecule has 1 saturated heterocycles. The van der Waals surface area contributed by atoms with Crippen LogP contribution in [0.4, 0.5) is 11.4 Å². The molecule has 1 aromatic carbocycles. The van der Waals surface area contributed by atoms with Gasteiger partial charge in [0.25, 0.3) is 6.26 Å². The zero-order valence-corrected chi connectivity index (χ0v) is 9.10. The van der Waals surface area contributed by atoms with Gasteiger partial charge < -0.3 is 15.4 Å². The van der Waals surface area contributed by atoms with Gasteiger partial charge in [0.1, 0.15) is 6.10 Å². The highest BCUT2D eigenvalue weighted by Gasteiger charge is 2.20. The molecular weight excluding hydrogens is 202 g/mol. The molecule has 0 atom stereocenters. The quantitative estimate of drug-likeness (QED) is 0.605.